The first-order valence-corrected chi connectivity index (χ1v) is 11.3. The largest absolute Gasteiger partial charge is 0.462 e. The molecule has 1 N–H and O–H groups in total. The lowest BCUT2D eigenvalue weighted by Crippen LogP contribution is -2.27. The summed E-state index contributed by atoms with van der Waals surface area (Å²) in [5.74, 6) is -0.919. The summed E-state index contributed by atoms with van der Waals surface area (Å²) in [6.07, 6.45) is 1.36. The van der Waals surface area contributed by atoms with Crippen LogP contribution in [0.4, 0.5) is 5.00 Å². The zero-order chi connectivity index (χ0) is 22.0. The number of hydrogen-bond acceptors (Lipinski definition) is 7. The lowest BCUT2D eigenvalue weighted by molar-refractivity contribution is -0.116. The van der Waals surface area contributed by atoms with E-state index in [4.69, 9.17) is 4.74 Å². The first kappa shape index (κ1) is 21.0. The molecule has 9 heteroatoms. The van der Waals surface area contributed by atoms with E-state index < -0.39 is 11.9 Å². The molecule has 7 nitrogen and oxygen atoms in total. The van der Waals surface area contributed by atoms with Gasteiger partial charge < -0.3 is 10.1 Å². The van der Waals surface area contributed by atoms with Crippen molar-refractivity contribution in [3.8, 4) is 10.4 Å². The van der Waals surface area contributed by atoms with Crippen LogP contribution in [0.25, 0.3) is 20.7 Å². The number of anilines is 1. The van der Waals surface area contributed by atoms with Gasteiger partial charge in [0.2, 0.25) is 5.91 Å². The molecule has 0 aliphatic rings. The molecule has 0 aliphatic carbocycles. The predicted molar refractivity (Wildman–Crippen MR) is 123 cm³/mol. The van der Waals surface area contributed by atoms with Crippen molar-refractivity contribution in [1.82, 2.24) is 9.55 Å². The molecule has 3 heterocycles. The fourth-order valence-corrected chi connectivity index (χ4v) is 5.18. The van der Waals surface area contributed by atoms with Crippen molar-refractivity contribution in [2.24, 2.45) is 0 Å². The Labute approximate surface area is 185 Å². The second-order valence-corrected chi connectivity index (χ2v) is 8.63. The lowest BCUT2D eigenvalue weighted by atomic mass is 10.1. The number of hydrogen-bond donors (Lipinski definition) is 1. The van der Waals surface area contributed by atoms with Crippen LogP contribution in [-0.2, 0) is 16.1 Å². The van der Waals surface area contributed by atoms with Crippen LogP contribution in [0.5, 0.6) is 0 Å². The Kier molecular flexibility index (Phi) is 5.97. The highest BCUT2D eigenvalue weighted by Gasteiger charge is 2.24. The molecule has 0 saturated carbocycles. The number of amides is 1. The van der Waals surface area contributed by atoms with Gasteiger partial charge in [-0.05, 0) is 36.4 Å². The molecule has 158 valence electrons. The van der Waals surface area contributed by atoms with E-state index in [1.54, 1.807) is 18.4 Å². The standard InChI is InChI=1S/C22H19N3O4S2/c1-3-29-22(28)17-13(2)18(14-7-5-4-6-8-14)31-20(17)24-16(26)11-25-12-23-19-15(21(25)27)9-10-30-19/h4-10,12H,3,11H2,1-2H3,(H,24,26). The van der Waals surface area contributed by atoms with Gasteiger partial charge in [-0.3, -0.25) is 14.2 Å². The van der Waals surface area contributed by atoms with Crippen LogP contribution < -0.4 is 10.9 Å². The second kappa shape index (κ2) is 8.83. The summed E-state index contributed by atoms with van der Waals surface area (Å²) >= 11 is 2.68. The van der Waals surface area contributed by atoms with Gasteiger partial charge in [-0.25, -0.2) is 9.78 Å². The number of fused-ring (bicyclic) bond motifs is 1. The molecule has 31 heavy (non-hydrogen) atoms. The summed E-state index contributed by atoms with van der Waals surface area (Å²) in [7, 11) is 0. The number of nitrogens with zero attached hydrogens (tertiary/aromatic N) is 2. The summed E-state index contributed by atoms with van der Waals surface area (Å²) in [6.45, 7) is 3.58. The topological polar surface area (TPSA) is 90.3 Å². The molecule has 1 aromatic carbocycles. The Morgan fingerprint density at radius 1 is 1.19 bits per heavy atom. The van der Waals surface area contributed by atoms with Gasteiger partial charge in [0.05, 0.1) is 23.9 Å². The quantitative estimate of drug-likeness (QED) is 0.439. The van der Waals surface area contributed by atoms with Crippen LogP contribution in [0.15, 0.2) is 52.9 Å². The number of carbonyl (C=O) groups is 2. The minimum Gasteiger partial charge on any atom is -0.462 e. The number of ether oxygens (including phenoxy) is 1. The number of thiophene rings is 2. The molecule has 0 saturated heterocycles. The van der Waals surface area contributed by atoms with Gasteiger partial charge in [-0.15, -0.1) is 22.7 Å². The fourth-order valence-electron chi connectivity index (χ4n) is 3.24. The van der Waals surface area contributed by atoms with E-state index in [1.807, 2.05) is 37.3 Å². The highest BCUT2D eigenvalue weighted by molar-refractivity contribution is 7.20. The Morgan fingerprint density at radius 3 is 2.71 bits per heavy atom. The van der Waals surface area contributed by atoms with Gasteiger partial charge in [0.25, 0.3) is 5.56 Å². The minimum atomic E-state index is -0.493. The smallest absolute Gasteiger partial charge is 0.341 e. The summed E-state index contributed by atoms with van der Waals surface area (Å²) in [4.78, 5) is 43.7. The van der Waals surface area contributed by atoms with E-state index in [9.17, 15) is 14.4 Å². The maximum Gasteiger partial charge on any atom is 0.341 e. The second-order valence-electron chi connectivity index (χ2n) is 6.71. The van der Waals surface area contributed by atoms with Gasteiger partial charge in [-0.1, -0.05) is 30.3 Å². The van der Waals surface area contributed by atoms with Gasteiger partial charge in [0.15, 0.2) is 0 Å². The van der Waals surface area contributed by atoms with Crippen molar-refractivity contribution in [3.63, 3.8) is 0 Å². The minimum absolute atomic E-state index is 0.211. The third-order valence-electron chi connectivity index (χ3n) is 4.68. The Balaban J connectivity index is 1.66. The SMILES string of the molecule is CCOC(=O)c1c(NC(=O)Cn2cnc3sccc3c2=O)sc(-c2ccccc2)c1C. The van der Waals surface area contributed by atoms with E-state index in [0.717, 1.165) is 16.0 Å². The molecule has 4 rings (SSSR count). The maximum absolute atomic E-state index is 12.8. The molecule has 0 fully saturated rings. The maximum atomic E-state index is 12.8. The number of aromatic nitrogens is 2. The Bertz CT molecular complexity index is 1320. The van der Waals surface area contributed by atoms with Crippen LogP contribution in [-0.4, -0.2) is 28.0 Å². The highest BCUT2D eigenvalue weighted by atomic mass is 32.1. The molecule has 3 aromatic heterocycles. The van der Waals surface area contributed by atoms with Gasteiger partial charge in [0, 0.05) is 4.88 Å². The normalized spacial score (nSPS) is 10.9. The Morgan fingerprint density at radius 2 is 1.97 bits per heavy atom. The summed E-state index contributed by atoms with van der Waals surface area (Å²) < 4.78 is 6.47. The lowest BCUT2D eigenvalue weighted by Gasteiger charge is -2.08. The molecular formula is C22H19N3O4S2. The van der Waals surface area contributed by atoms with Crippen molar-refractivity contribution < 1.29 is 14.3 Å². The van der Waals surface area contributed by atoms with Crippen molar-refractivity contribution in [2.75, 3.05) is 11.9 Å². The van der Waals surface area contributed by atoms with Crippen molar-refractivity contribution in [1.29, 1.82) is 0 Å². The van der Waals surface area contributed by atoms with Crippen LogP contribution in [0.1, 0.15) is 22.8 Å². The number of esters is 1. The van der Waals surface area contributed by atoms with E-state index in [-0.39, 0.29) is 18.7 Å². The zero-order valence-electron chi connectivity index (χ0n) is 16.9. The fraction of sp³-hybridized carbons (Fsp3) is 0.182. The van der Waals surface area contributed by atoms with Gasteiger partial charge >= 0.3 is 5.97 Å². The number of rotatable bonds is 6. The average molecular weight is 454 g/mol. The molecule has 0 bridgehead atoms. The number of benzene rings is 1. The van der Waals surface area contributed by atoms with E-state index in [0.29, 0.717) is 20.8 Å². The zero-order valence-corrected chi connectivity index (χ0v) is 18.5. The van der Waals surface area contributed by atoms with E-state index in [2.05, 4.69) is 10.3 Å². The molecule has 0 atom stereocenters. The average Bonchev–Trinajstić information content (AvgIpc) is 3.36. The van der Waals surface area contributed by atoms with Gasteiger partial charge in [-0.2, -0.15) is 0 Å². The first-order chi connectivity index (χ1) is 15.0. The van der Waals surface area contributed by atoms with Crippen molar-refractivity contribution >= 4 is 49.8 Å². The highest BCUT2D eigenvalue weighted by Crippen LogP contribution is 2.40. The third kappa shape index (κ3) is 4.14. The van der Waals surface area contributed by atoms with E-state index in [1.165, 1.54) is 33.6 Å². The summed E-state index contributed by atoms with van der Waals surface area (Å²) in [5.41, 5.74) is 1.74. The third-order valence-corrected chi connectivity index (χ3v) is 6.76. The van der Waals surface area contributed by atoms with Crippen LogP contribution in [0.3, 0.4) is 0 Å². The Hall–Kier alpha value is -3.30. The first-order valence-electron chi connectivity index (χ1n) is 9.58. The summed E-state index contributed by atoms with van der Waals surface area (Å²) in [5, 5.41) is 5.46. The van der Waals surface area contributed by atoms with Crippen LogP contribution in [0.2, 0.25) is 0 Å². The molecule has 4 aromatic rings. The summed E-state index contributed by atoms with van der Waals surface area (Å²) in [6, 6.07) is 11.3. The van der Waals surface area contributed by atoms with Crippen molar-refractivity contribution in [2.45, 2.75) is 20.4 Å². The predicted octanol–water partition coefficient (Wildman–Crippen LogP) is 4.31. The van der Waals surface area contributed by atoms with Crippen LogP contribution in [0, 0.1) is 6.92 Å². The molecule has 0 radical (unpaired) electrons. The molecule has 0 spiro atoms. The molecule has 1 amide bonds. The monoisotopic (exact) mass is 453 g/mol. The van der Waals surface area contributed by atoms with Crippen LogP contribution >= 0.6 is 22.7 Å². The number of nitrogens with one attached hydrogen (secondary N) is 1. The van der Waals surface area contributed by atoms with Gasteiger partial charge in [0.1, 0.15) is 16.4 Å². The van der Waals surface area contributed by atoms with E-state index >= 15 is 0 Å². The molecule has 0 aliphatic heterocycles. The molecule has 0 unspecified atom stereocenters. The molecular weight excluding hydrogens is 434 g/mol. The van der Waals surface area contributed by atoms with Crippen molar-refractivity contribution in [3.05, 3.63) is 69.6 Å². The number of carbonyl (C=O) groups excluding carboxylic acids is 2.